The Morgan fingerprint density at radius 2 is 2.15 bits per heavy atom. The van der Waals surface area contributed by atoms with E-state index < -0.39 is 0 Å². The van der Waals surface area contributed by atoms with Gasteiger partial charge in [0.05, 0.1) is 6.04 Å². The highest BCUT2D eigenvalue weighted by Crippen LogP contribution is 2.41. The van der Waals surface area contributed by atoms with Gasteiger partial charge in [0.1, 0.15) is 6.26 Å². The lowest BCUT2D eigenvalue weighted by molar-refractivity contribution is -0.151. The van der Waals surface area contributed by atoms with Gasteiger partial charge >= 0.3 is 0 Å². The first-order valence-corrected chi connectivity index (χ1v) is 9.27. The number of amides is 3. The van der Waals surface area contributed by atoms with Gasteiger partial charge in [-0.2, -0.15) is 0 Å². The molecule has 3 aliphatic rings. The Morgan fingerprint density at radius 1 is 1.35 bits per heavy atom. The van der Waals surface area contributed by atoms with Crippen LogP contribution in [0.4, 0.5) is 0 Å². The van der Waals surface area contributed by atoms with Gasteiger partial charge in [0.15, 0.2) is 12.1 Å². The van der Waals surface area contributed by atoms with Crippen LogP contribution in [0.5, 0.6) is 0 Å². The van der Waals surface area contributed by atoms with Crippen molar-refractivity contribution in [1.29, 1.82) is 0 Å². The first kappa shape index (κ1) is 17.1. The molecule has 0 spiro atoms. The zero-order valence-corrected chi connectivity index (χ0v) is 14.9. The maximum absolute atomic E-state index is 12.7. The standard InChI is InChI=1S/C18H24N4O4/c1-11(23)19-6-16-13-5-12(15-3-2-4-17(24)22(15)16)7-21(8-13)18(25)14-9-26-10-20-14/h9-10,12-13,15-16H,2-8H2,1H3,(H,19,23)/t12-,13+,15+,16+/m1/s1. The number of aromatic nitrogens is 1. The summed E-state index contributed by atoms with van der Waals surface area (Å²) in [5, 5.41) is 2.88. The predicted octanol–water partition coefficient (Wildman–Crippen LogP) is 0.652. The average molecular weight is 360 g/mol. The van der Waals surface area contributed by atoms with Gasteiger partial charge in [0, 0.05) is 39.0 Å². The van der Waals surface area contributed by atoms with Crippen molar-refractivity contribution in [3.8, 4) is 0 Å². The Bertz CT molecular complexity index is 704. The molecular formula is C18H24N4O4. The second-order valence-electron chi connectivity index (χ2n) is 7.60. The molecule has 0 saturated carbocycles. The third kappa shape index (κ3) is 2.97. The number of fused-ring (bicyclic) bond motifs is 4. The van der Waals surface area contributed by atoms with Gasteiger partial charge in [-0.15, -0.1) is 0 Å². The van der Waals surface area contributed by atoms with Crippen molar-refractivity contribution in [2.45, 2.75) is 44.7 Å². The molecule has 26 heavy (non-hydrogen) atoms. The Kier molecular flexibility index (Phi) is 4.42. The van der Waals surface area contributed by atoms with E-state index in [-0.39, 0.29) is 41.6 Å². The summed E-state index contributed by atoms with van der Waals surface area (Å²) in [5.41, 5.74) is 0.319. The summed E-state index contributed by atoms with van der Waals surface area (Å²) in [6.45, 7) is 3.15. The molecule has 1 N–H and O–H groups in total. The summed E-state index contributed by atoms with van der Waals surface area (Å²) < 4.78 is 4.95. The first-order chi connectivity index (χ1) is 12.5. The number of oxazole rings is 1. The number of nitrogens with one attached hydrogen (secondary N) is 1. The molecule has 8 heteroatoms. The molecular weight excluding hydrogens is 336 g/mol. The minimum atomic E-state index is -0.123. The topological polar surface area (TPSA) is 95.7 Å². The zero-order chi connectivity index (χ0) is 18.3. The highest BCUT2D eigenvalue weighted by molar-refractivity contribution is 5.92. The highest BCUT2D eigenvalue weighted by atomic mass is 16.3. The fraction of sp³-hybridized carbons (Fsp3) is 0.667. The lowest BCUT2D eigenvalue weighted by Gasteiger charge is -2.56. The summed E-state index contributed by atoms with van der Waals surface area (Å²) in [6, 6.07) is 0.0972. The van der Waals surface area contributed by atoms with Crippen molar-refractivity contribution in [2.75, 3.05) is 19.6 Å². The highest BCUT2D eigenvalue weighted by Gasteiger charge is 2.50. The van der Waals surface area contributed by atoms with Crippen LogP contribution in [0.2, 0.25) is 0 Å². The molecule has 1 aromatic rings. The van der Waals surface area contributed by atoms with Crippen molar-refractivity contribution in [3.05, 3.63) is 18.4 Å². The normalized spacial score (nSPS) is 30.7. The summed E-state index contributed by atoms with van der Waals surface area (Å²) in [6.07, 6.45) is 6.06. The van der Waals surface area contributed by atoms with E-state index in [4.69, 9.17) is 4.42 Å². The molecule has 3 fully saturated rings. The van der Waals surface area contributed by atoms with Crippen LogP contribution in [0.3, 0.4) is 0 Å². The van der Waals surface area contributed by atoms with Crippen LogP contribution in [0.25, 0.3) is 0 Å². The molecule has 4 atom stereocenters. The third-order valence-electron chi connectivity index (χ3n) is 6.00. The van der Waals surface area contributed by atoms with Crippen LogP contribution in [-0.2, 0) is 9.59 Å². The molecule has 140 valence electrons. The molecule has 3 amide bonds. The monoisotopic (exact) mass is 360 g/mol. The second kappa shape index (κ2) is 6.74. The number of carbonyl (C=O) groups is 3. The van der Waals surface area contributed by atoms with E-state index in [1.165, 1.54) is 19.6 Å². The van der Waals surface area contributed by atoms with Gasteiger partial charge in [-0.3, -0.25) is 14.4 Å². The largest absolute Gasteiger partial charge is 0.451 e. The van der Waals surface area contributed by atoms with Crippen LogP contribution in [0.1, 0.15) is 43.1 Å². The average Bonchev–Trinajstić information content (AvgIpc) is 3.16. The van der Waals surface area contributed by atoms with Crippen LogP contribution in [0.15, 0.2) is 17.1 Å². The maximum atomic E-state index is 12.7. The molecule has 3 saturated heterocycles. The van der Waals surface area contributed by atoms with E-state index in [1.807, 2.05) is 9.80 Å². The van der Waals surface area contributed by atoms with Gasteiger partial charge in [0.25, 0.3) is 5.91 Å². The number of carbonyl (C=O) groups excluding carboxylic acids is 3. The number of piperidine rings is 3. The lowest BCUT2D eigenvalue weighted by Crippen LogP contribution is -2.67. The molecule has 8 nitrogen and oxygen atoms in total. The summed E-state index contributed by atoms with van der Waals surface area (Å²) >= 11 is 0. The zero-order valence-electron chi connectivity index (χ0n) is 14.9. The van der Waals surface area contributed by atoms with Crippen LogP contribution >= 0.6 is 0 Å². The SMILES string of the molecule is CC(=O)NC[C@H]1[C@H]2C[C@H](CN(C(=O)c3cocn3)C2)[C@@H]2CCCC(=O)N21. The van der Waals surface area contributed by atoms with Gasteiger partial charge in [-0.05, 0) is 31.1 Å². The van der Waals surface area contributed by atoms with Crippen LogP contribution in [-0.4, -0.2) is 64.2 Å². The number of likely N-dealkylation sites (tertiary alicyclic amines) is 1. The van der Waals surface area contributed by atoms with Gasteiger partial charge in [0.2, 0.25) is 11.8 Å². The van der Waals surface area contributed by atoms with Crippen molar-refractivity contribution in [2.24, 2.45) is 11.8 Å². The minimum Gasteiger partial charge on any atom is -0.451 e. The van der Waals surface area contributed by atoms with Crippen molar-refractivity contribution in [3.63, 3.8) is 0 Å². The fourth-order valence-corrected chi connectivity index (χ4v) is 4.93. The Morgan fingerprint density at radius 3 is 2.88 bits per heavy atom. The van der Waals surface area contributed by atoms with Gasteiger partial charge in [-0.25, -0.2) is 4.98 Å². The molecule has 0 radical (unpaired) electrons. The molecule has 4 heterocycles. The third-order valence-corrected chi connectivity index (χ3v) is 6.00. The molecule has 3 aliphatic heterocycles. The summed E-state index contributed by atoms with van der Waals surface area (Å²) in [5.74, 6) is 0.404. The molecule has 2 bridgehead atoms. The number of hydrogen-bond donors (Lipinski definition) is 1. The number of nitrogens with zero attached hydrogens (tertiary/aromatic N) is 3. The van der Waals surface area contributed by atoms with E-state index in [0.717, 1.165) is 19.3 Å². The molecule has 0 aromatic carbocycles. The van der Waals surface area contributed by atoms with E-state index in [2.05, 4.69) is 10.3 Å². The summed E-state index contributed by atoms with van der Waals surface area (Å²) in [7, 11) is 0. The quantitative estimate of drug-likeness (QED) is 0.854. The summed E-state index contributed by atoms with van der Waals surface area (Å²) in [4.78, 5) is 44.6. The molecule has 4 rings (SSSR count). The van der Waals surface area contributed by atoms with E-state index >= 15 is 0 Å². The Balaban J connectivity index is 1.59. The van der Waals surface area contributed by atoms with Crippen molar-refractivity contribution >= 4 is 17.7 Å². The first-order valence-electron chi connectivity index (χ1n) is 9.27. The van der Waals surface area contributed by atoms with Crippen LogP contribution < -0.4 is 5.32 Å². The predicted molar refractivity (Wildman–Crippen MR) is 91.0 cm³/mol. The molecule has 0 unspecified atom stereocenters. The molecule has 1 aromatic heterocycles. The number of rotatable bonds is 3. The Labute approximate surface area is 151 Å². The smallest absolute Gasteiger partial charge is 0.275 e. The molecule has 0 aliphatic carbocycles. The van der Waals surface area contributed by atoms with Crippen molar-refractivity contribution < 1.29 is 18.8 Å². The Hall–Kier alpha value is -2.38. The lowest BCUT2D eigenvalue weighted by atomic mass is 9.72. The van der Waals surface area contributed by atoms with Crippen LogP contribution in [0, 0.1) is 11.8 Å². The number of hydrogen-bond acceptors (Lipinski definition) is 5. The fourth-order valence-electron chi connectivity index (χ4n) is 4.93. The van der Waals surface area contributed by atoms with Gasteiger partial charge < -0.3 is 19.5 Å². The minimum absolute atomic E-state index is 0.0548. The van der Waals surface area contributed by atoms with E-state index in [1.54, 1.807) is 0 Å². The second-order valence-corrected chi connectivity index (χ2v) is 7.60. The van der Waals surface area contributed by atoms with Crippen molar-refractivity contribution in [1.82, 2.24) is 20.1 Å². The van der Waals surface area contributed by atoms with E-state index in [0.29, 0.717) is 31.7 Å². The van der Waals surface area contributed by atoms with Gasteiger partial charge in [-0.1, -0.05) is 0 Å². The van der Waals surface area contributed by atoms with E-state index in [9.17, 15) is 14.4 Å². The maximum Gasteiger partial charge on any atom is 0.275 e.